The van der Waals surface area contributed by atoms with Crippen LogP contribution in [0.1, 0.15) is 31.4 Å². The predicted molar refractivity (Wildman–Crippen MR) is 82.2 cm³/mol. The molecule has 3 nitrogen and oxygen atoms in total. The van der Waals surface area contributed by atoms with Gasteiger partial charge in [0, 0.05) is 11.4 Å². The van der Waals surface area contributed by atoms with E-state index < -0.39 is 6.04 Å². The highest BCUT2D eigenvalue weighted by Gasteiger charge is 2.14. The summed E-state index contributed by atoms with van der Waals surface area (Å²) >= 11 is 1.70. The Morgan fingerprint density at radius 3 is 2.68 bits per heavy atom. The summed E-state index contributed by atoms with van der Waals surface area (Å²) in [6, 6.07) is 5.85. The molecule has 0 aliphatic rings. The largest absolute Gasteiger partial charge is 0.351 e. The van der Waals surface area contributed by atoms with Gasteiger partial charge in [0.1, 0.15) is 0 Å². The fourth-order valence-corrected chi connectivity index (χ4v) is 2.63. The van der Waals surface area contributed by atoms with Crippen LogP contribution in [0.4, 0.5) is 0 Å². The first-order chi connectivity index (χ1) is 8.93. The highest BCUT2D eigenvalue weighted by Crippen LogP contribution is 2.21. The fraction of sp³-hybridized carbons (Fsp3) is 0.533. The third-order valence-electron chi connectivity index (χ3n) is 2.96. The number of benzene rings is 1. The highest BCUT2D eigenvalue weighted by atomic mass is 32.2. The summed E-state index contributed by atoms with van der Waals surface area (Å²) in [6.45, 7) is 6.75. The van der Waals surface area contributed by atoms with Gasteiger partial charge in [0.25, 0.3) is 0 Å². The zero-order valence-corrected chi connectivity index (χ0v) is 13.0. The quantitative estimate of drug-likeness (QED) is 0.788. The van der Waals surface area contributed by atoms with Crippen molar-refractivity contribution >= 4 is 17.7 Å². The van der Waals surface area contributed by atoms with E-state index >= 15 is 0 Å². The standard InChI is InChI=1S/C15H24N2OS/c1-10(2)7-13(16)15(18)17-9-12-6-5-11(3)8-14(12)19-4/h5-6,8,10,13H,7,9,16H2,1-4H3,(H,17,18)/t13-/m0/s1. The van der Waals surface area contributed by atoms with Gasteiger partial charge in [-0.05, 0) is 42.7 Å². The van der Waals surface area contributed by atoms with Crippen LogP contribution in [-0.4, -0.2) is 18.2 Å². The molecule has 0 radical (unpaired) electrons. The Labute approximate surface area is 120 Å². The normalized spacial score (nSPS) is 12.5. The molecule has 0 heterocycles. The van der Waals surface area contributed by atoms with Crippen molar-refractivity contribution in [1.82, 2.24) is 5.32 Å². The van der Waals surface area contributed by atoms with E-state index in [1.54, 1.807) is 11.8 Å². The molecule has 0 unspecified atom stereocenters. The third-order valence-corrected chi connectivity index (χ3v) is 3.78. The first-order valence-corrected chi connectivity index (χ1v) is 7.83. The monoisotopic (exact) mass is 280 g/mol. The van der Waals surface area contributed by atoms with E-state index in [1.165, 1.54) is 10.5 Å². The van der Waals surface area contributed by atoms with E-state index in [0.717, 1.165) is 12.0 Å². The second-order valence-electron chi connectivity index (χ2n) is 5.27. The molecule has 0 saturated carbocycles. The molecule has 106 valence electrons. The number of aryl methyl sites for hydroxylation is 1. The Morgan fingerprint density at radius 2 is 2.11 bits per heavy atom. The van der Waals surface area contributed by atoms with Crippen molar-refractivity contribution in [2.24, 2.45) is 11.7 Å². The fourth-order valence-electron chi connectivity index (χ4n) is 1.93. The van der Waals surface area contributed by atoms with Gasteiger partial charge in [-0.3, -0.25) is 4.79 Å². The van der Waals surface area contributed by atoms with Crippen molar-refractivity contribution in [2.45, 2.75) is 44.7 Å². The summed E-state index contributed by atoms with van der Waals surface area (Å²) in [5, 5.41) is 2.92. The molecule has 0 saturated heterocycles. The van der Waals surface area contributed by atoms with Crippen LogP contribution in [0.25, 0.3) is 0 Å². The maximum Gasteiger partial charge on any atom is 0.237 e. The molecule has 0 fully saturated rings. The lowest BCUT2D eigenvalue weighted by Crippen LogP contribution is -2.41. The molecule has 3 N–H and O–H groups in total. The number of nitrogens with one attached hydrogen (secondary N) is 1. The number of carbonyl (C=O) groups is 1. The van der Waals surface area contributed by atoms with Crippen molar-refractivity contribution in [3.8, 4) is 0 Å². The minimum absolute atomic E-state index is 0.0682. The van der Waals surface area contributed by atoms with Crippen molar-refractivity contribution in [1.29, 1.82) is 0 Å². The molecule has 1 aromatic rings. The molecule has 1 rings (SSSR count). The van der Waals surface area contributed by atoms with Crippen LogP contribution in [-0.2, 0) is 11.3 Å². The van der Waals surface area contributed by atoms with Crippen molar-refractivity contribution in [2.75, 3.05) is 6.26 Å². The van der Waals surface area contributed by atoms with Crippen LogP contribution in [0.3, 0.4) is 0 Å². The molecule has 19 heavy (non-hydrogen) atoms. The molecule has 1 atom stereocenters. The summed E-state index contributed by atoms with van der Waals surface area (Å²) in [5.41, 5.74) is 8.23. The minimum atomic E-state index is -0.414. The summed E-state index contributed by atoms with van der Waals surface area (Å²) < 4.78 is 0. The summed E-state index contributed by atoms with van der Waals surface area (Å²) in [7, 11) is 0. The summed E-state index contributed by atoms with van der Waals surface area (Å²) in [5.74, 6) is 0.364. The maximum atomic E-state index is 11.9. The number of hydrogen-bond donors (Lipinski definition) is 2. The Morgan fingerprint density at radius 1 is 1.42 bits per heavy atom. The van der Waals surface area contributed by atoms with Crippen LogP contribution < -0.4 is 11.1 Å². The minimum Gasteiger partial charge on any atom is -0.351 e. The van der Waals surface area contributed by atoms with E-state index in [4.69, 9.17) is 5.73 Å². The van der Waals surface area contributed by atoms with Crippen LogP contribution in [0.2, 0.25) is 0 Å². The lowest BCUT2D eigenvalue weighted by atomic mass is 10.0. The molecule has 0 spiro atoms. The van der Waals surface area contributed by atoms with Gasteiger partial charge in [0.15, 0.2) is 0 Å². The molecular weight excluding hydrogens is 256 g/mol. The van der Waals surface area contributed by atoms with Gasteiger partial charge in [0.05, 0.1) is 6.04 Å². The highest BCUT2D eigenvalue weighted by molar-refractivity contribution is 7.98. The molecule has 1 aromatic carbocycles. The van der Waals surface area contributed by atoms with Crippen molar-refractivity contribution in [3.63, 3.8) is 0 Å². The average Bonchev–Trinajstić information content (AvgIpc) is 2.35. The number of thioether (sulfide) groups is 1. The van der Waals surface area contributed by atoms with Gasteiger partial charge in [-0.2, -0.15) is 0 Å². The number of hydrogen-bond acceptors (Lipinski definition) is 3. The van der Waals surface area contributed by atoms with Gasteiger partial charge in [0.2, 0.25) is 5.91 Å². The van der Waals surface area contributed by atoms with Gasteiger partial charge in [-0.15, -0.1) is 11.8 Å². The molecule has 1 amide bonds. The van der Waals surface area contributed by atoms with Gasteiger partial charge >= 0.3 is 0 Å². The topological polar surface area (TPSA) is 55.1 Å². The average molecular weight is 280 g/mol. The number of carbonyl (C=O) groups excluding carboxylic acids is 1. The second-order valence-corrected chi connectivity index (χ2v) is 6.12. The molecule has 0 aliphatic carbocycles. The lowest BCUT2D eigenvalue weighted by molar-refractivity contribution is -0.122. The van der Waals surface area contributed by atoms with Crippen LogP contribution >= 0.6 is 11.8 Å². The number of nitrogens with two attached hydrogens (primary N) is 1. The SMILES string of the molecule is CSc1cc(C)ccc1CNC(=O)[C@@H](N)CC(C)C. The van der Waals surface area contributed by atoms with Gasteiger partial charge < -0.3 is 11.1 Å². The van der Waals surface area contributed by atoms with Crippen molar-refractivity contribution in [3.05, 3.63) is 29.3 Å². The maximum absolute atomic E-state index is 11.9. The Kier molecular flexibility index (Phi) is 6.38. The molecule has 0 aromatic heterocycles. The van der Waals surface area contributed by atoms with Gasteiger partial charge in [-0.1, -0.05) is 26.0 Å². The number of rotatable bonds is 6. The molecule has 0 aliphatic heterocycles. The van der Waals surface area contributed by atoms with E-state index in [2.05, 4.69) is 44.3 Å². The lowest BCUT2D eigenvalue weighted by Gasteiger charge is -2.15. The molecule has 0 bridgehead atoms. The molecule has 4 heteroatoms. The summed E-state index contributed by atoms with van der Waals surface area (Å²) in [4.78, 5) is 13.1. The van der Waals surface area contributed by atoms with Gasteiger partial charge in [-0.25, -0.2) is 0 Å². The van der Waals surface area contributed by atoms with Crippen LogP contribution in [0, 0.1) is 12.8 Å². The first-order valence-electron chi connectivity index (χ1n) is 6.60. The second kappa shape index (κ2) is 7.56. The first kappa shape index (κ1) is 16.1. The van der Waals surface area contributed by atoms with E-state index in [0.29, 0.717) is 12.5 Å². The zero-order valence-electron chi connectivity index (χ0n) is 12.2. The van der Waals surface area contributed by atoms with Crippen LogP contribution in [0.15, 0.2) is 23.1 Å². The van der Waals surface area contributed by atoms with E-state index in [9.17, 15) is 4.79 Å². The third kappa shape index (κ3) is 5.25. The zero-order chi connectivity index (χ0) is 14.4. The molecular formula is C15H24N2OS. The smallest absolute Gasteiger partial charge is 0.237 e. The Balaban J connectivity index is 2.59. The van der Waals surface area contributed by atoms with E-state index in [1.807, 2.05) is 6.26 Å². The summed E-state index contributed by atoms with van der Waals surface area (Å²) in [6.07, 6.45) is 2.76. The van der Waals surface area contributed by atoms with Crippen LogP contribution in [0.5, 0.6) is 0 Å². The Hall–Kier alpha value is -1.00. The van der Waals surface area contributed by atoms with Crippen molar-refractivity contribution < 1.29 is 4.79 Å². The predicted octanol–water partition coefficient (Wildman–Crippen LogP) is 2.71. The number of amides is 1. The Bertz CT molecular complexity index is 432. The van der Waals surface area contributed by atoms with E-state index in [-0.39, 0.29) is 5.91 Å².